The van der Waals surface area contributed by atoms with Crippen LogP contribution in [0.5, 0.6) is 0 Å². The first-order chi connectivity index (χ1) is 9.76. The molecule has 1 aromatic rings. The van der Waals surface area contributed by atoms with E-state index in [0.717, 1.165) is 31.4 Å². The van der Waals surface area contributed by atoms with Gasteiger partial charge < -0.3 is 15.3 Å². The first kappa shape index (κ1) is 14.8. The predicted octanol–water partition coefficient (Wildman–Crippen LogP) is 1.89. The van der Waals surface area contributed by atoms with Gasteiger partial charge in [-0.2, -0.15) is 0 Å². The number of anilines is 1. The third-order valence-electron chi connectivity index (χ3n) is 3.89. The third kappa shape index (κ3) is 3.48. The molecule has 1 heterocycles. The van der Waals surface area contributed by atoms with Crippen molar-refractivity contribution in [3.8, 4) is 0 Å². The van der Waals surface area contributed by atoms with Crippen molar-refractivity contribution in [1.29, 1.82) is 0 Å². The minimum Gasteiger partial charge on any atom is -0.395 e. The van der Waals surface area contributed by atoms with Gasteiger partial charge >= 0.3 is 0 Å². The van der Waals surface area contributed by atoms with E-state index < -0.39 is 0 Å². The van der Waals surface area contributed by atoms with Crippen LogP contribution in [0.4, 0.5) is 5.69 Å². The molecular formula is C15H23N3O2. The first-order valence-electron chi connectivity index (χ1n) is 7.32. The van der Waals surface area contributed by atoms with E-state index in [4.69, 9.17) is 0 Å². The Morgan fingerprint density at radius 3 is 2.70 bits per heavy atom. The smallest absolute Gasteiger partial charge is 0.272 e. The van der Waals surface area contributed by atoms with Crippen molar-refractivity contribution in [2.45, 2.75) is 38.1 Å². The van der Waals surface area contributed by atoms with Gasteiger partial charge in [-0.15, -0.1) is 0 Å². The number of nitrogens with zero attached hydrogens (tertiary/aromatic N) is 2. The molecule has 2 rings (SSSR count). The number of pyridine rings is 1. The zero-order valence-electron chi connectivity index (χ0n) is 12.0. The van der Waals surface area contributed by atoms with E-state index in [9.17, 15) is 9.90 Å². The molecule has 0 aliphatic heterocycles. The SMILES string of the molecule is CNc1ccc(C(=O)N(CCO)C2CCCCC2)nc1. The lowest BCUT2D eigenvalue weighted by Gasteiger charge is -2.33. The zero-order chi connectivity index (χ0) is 14.4. The molecule has 1 fully saturated rings. The van der Waals surface area contributed by atoms with Crippen LogP contribution in [0.1, 0.15) is 42.6 Å². The zero-order valence-corrected chi connectivity index (χ0v) is 12.0. The Labute approximate surface area is 120 Å². The van der Waals surface area contributed by atoms with Crippen molar-refractivity contribution in [2.75, 3.05) is 25.5 Å². The molecule has 1 aliphatic carbocycles. The van der Waals surface area contributed by atoms with Gasteiger partial charge in [0.2, 0.25) is 0 Å². The molecular weight excluding hydrogens is 254 g/mol. The fourth-order valence-corrected chi connectivity index (χ4v) is 2.77. The van der Waals surface area contributed by atoms with E-state index in [-0.39, 0.29) is 18.6 Å². The second kappa shape index (κ2) is 7.24. The maximum absolute atomic E-state index is 12.6. The number of rotatable bonds is 5. The molecule has 1 aromatic heterocycles. The molecule has 1 amide bonds. The molecule has 1 saturated carbocycles. The molecule has 20 heavy (non-hydrogen) atoms. The minimum atomic E-state index is -0.0754. The lowest BCUT2D eigenvalue weighted by molar-refractivity contribution is 0.0579. The van der Waals surface area contributed by atoms with Gasteiger partial charge in [-0.1, -0.05) is 19.3 Å². The third-order valence-corrected chi connectivity index (χ3v) is 3.89. The summed E-state index contributed by atoms with van der Waals surface area (Å²) in [6, 6.07) is 3.83. The Hall–Kier alpha value is -1.62. The maximum Gasteiger partial charge on any atom is 0.272 e. The number of hydrogen-bond acceptors (Lipinski definition) is 4. The summed E-state index contributed by atoms with van der Waals surface area (Å²) in [7, 11) is 1.82. The topological polar surface area (TPSA) is 65.5 Å². The van der Waals surface area contributed by atoms with Crippen LogP contribution >= 0.6 is 0 Å². The molecule has 5 nitrogen and oxygen atoms in total. The van der Waals surface area contributed by atoms with Gasteiger partial charge in [-0.3, -0.25) is 4.79 Å². The maximum atomic E-state index is 12.6. The van der Waals surface area contributed by atoms with Crippen LogP contribution in [0.25, 0.3) is 0 Å². The summed E-state index contributed by atoms with van der Waals surface area (Å²) in [5, 5.41) is 12.2. The van der Waals surface area contributed by atoms with E-state index in [2.05, 4.69) is 10.3 Å². The normalized spacial score (nSPS) is 15.9. The standard InChI is InChI=1S/C15H23N3O2/c1-16-12-7-8-14(17-11-12)15(20)18(9-10-19)13-5-3-2-4-6-13/h7-8,11,13,16,19H,2-6,9-10H2,1H3. The van der Waals surface area contributed by atoms with Crippen LogP contribution in [0.3, 0.4) is 0 Å². The van der Waals surface area contributed by atoms with Gasteiger partial charge in [0.15, 0.2) is 0 Å². The Bertz CT molecular complexity index is 427. The van der Waals surface area contributed by atoms with Crippen molar-refractivity contribution in [1.82, 2.24) is 9.88 Å². The number of aliphatic hydroxyl groups excluding tert-OH is 1. The van der Waals surface area contributed by atoms with Gasteiger partial charge in [0.25, 0.3) is 5.91 Å². The van der Waals surface area contributed by atoms with Crippen molar-refractivity contribution >= 4 is 11.6 Å². The van der Waals surface area contributed by atoms with Crippen LogP contribution in [0.15, 0.2) is 18.3 Å². The highest BCUT2D eigenvalue weighted by atomic mass is 16.3. The number of nitrogens with one attached hydrogen (secondary N) is 1. The summed E-state index contributed by atoms with van der Waals surface area (Å²) in [6.45, 7) is 0.385. The molecule has 0 unspecified atom stereocenters. The summed E-state index contributed by atoms with van der Waals surface area (Å²) in [5.74, 6) is -0.0754. The van der Waals surface area contributed by atoms with Crippen molar-refractivity contribution in [3.05, 3.63) is 24.0 Å². The number of hydrogen-bond donors (Lipinski definition) is 2. The average molecular weight is 277 g/mol. The number of aliphatic hydroxyl groups is 1. The van der Waals surface area contributed by atoms with E-state index >= 15 is 0 Å². The van der Waals surface area contributed by atoms with Crippen LogP contribution in [-0.4, -0.2) is 47.1 Å². The first-order valence-corrected chi connectivity index (χ1v) is 7.32. The Morgan fingerprint density at radius 2 is 2.15 bits per heavy atom. The number of carbonyl (C=O) groups is 1. The molecule has 110 valence electrons. The average Bonchev–Trinajstić information content (AvgIpc) is 2.53. The molecule has 2 N–H and O–H groups in total. The van der Waals surface area contributed by atoms with E-state index in [1.807, 2.05) is 13.1 Å². The van der Waals surface area contributed by atoms with Gasteiger partial charge in [-0.25, -0.2) is 4.98 Å². The largest absolute Gasteiger partial charge is 0.395 e. The molecule has 0 atom stereocenters. The fraction of sp³-hybridized carbons (Fsp3) is 0.600. The lowest BCUT2D eigenvalue weighted by atomic mass is 9.94. The number of amides is 1. The molecule has 0 bridgehead atoms. The second-order valence-corrected chi connectivity index (χ2v) is 5.20. The summed E-state index contributed by atoms with van der Waals surface area (Å²) < 4.78 is 0. The van der Waals surface area contributed by atoms with Crippen LogP contribution < -0.4 is 5.32 Å². The predicted molar refractivity (Wildman–Crippen MR) is 78.8 cm³/mol. The van der Waals surface area contributed by atoms with E-state index in [0.29, 0.717) is 12.2 Å². The highest BCUT2D eigenvalue weighted by Crippen LogP contribution is 2.23. The minimum absolute atomic E-state index is 0.00314. The lowest BCUT2D eigenvalue weighted by Crippen LogP contribution is -2.43. The summed E-state index contributed by atoms with van der Waals surface area (Å²) in [4.78, 5) is 18.6. The Morgan fingerprint density at radius 1 is 1.40 bits per heavy atom. The van der Waals surface area contributed by atoms with E-state index in [1.165, 1.54) is 6.42 Å². The van der Waals surface area contributed by atoms with Gasteiger partial charge in [0.05, 0.1) is 18.5 Å². The summed E-state index contributed by atoms with van der Waals surface area (Å²) >= 11 is 0. The van der Waals surface area contributed by atoms with Crippen molar-refractivity contribution in [2.24, 2.45) is 0 Å². The summed E-state index contributed by atoms with van der Waals surface area (Å²) in [5.41, 5.74) is 1.33. The quantitative estimate of drug-likeness (QED) is 0.862. The fourth-order valence-electron chi connectivity index (χ4n) is 2.77. The monoisotopic (exact) mass is 277 g/mol. The number of carbonyl (C=O) groups excluding carboxylic acids is 1. The Balaban J connectivity index is 2.12. The van der Waals surface area contributed by atoms with E-state index in [1.54, 1.807) is 17.2 Å². The van der Waals surface area contributed by atoms with Gasteiger partial charge in [0, 0.05) is 19.6 Å². The van der Waals surface area contributed by atoms with Crippen LogP contribution in [0, 0.1) is 0 Å². The highest BCUT2D eigenvalue weighted by Gasteiger charge is 2.26. The van der Waals surface area contributed by atoms with Gasteiger partial charge in [0.1, 0.15) is 5.69 Å². The van der Waals surface area contributed by atoms with Crippen LogP contribution in [0.2, 0.25) is 0 Å². The molecule has 5 heteroatoms. The summed E-state index contributed by atoms with van der Waals surface area (Å²) in [6.07, 6.45) is 7.27. The molecule has 0 saturated heterocycles. The van der Waals surface area contributed by atoms with Crippen LogP contribution in [-0.2, 0) is 0 Å². The van der Waals surface area contributed by atoms with Gasteiger partial charge in [-0.05, 0) is 25.0 Å². The Kier molecular flexibility index (Phi) is 5.35. The second-order valence-electron chi connectivity index (χ2n) is 5.20. The molecule has 0 radical (unpaired) electrons. The number of aromatic nitrogens is 1. The molecule has 1 aliphatic rings. The highest BCUT2D eigenvalue weighted by molar-refractivity contribution is 5.92. The molecule has 0 aromatic carbocycles. The van der Waals surface area contributed by atoms with Crippen molar-refractivity contribution in [3.63, 3.8) is 0 Å². The molecule has 0 spiro atoms. The van der Waals surface area contributed by atoms with Crippen molar-refractivity contribution < 1.29 is 9.90 Å².